The maximum Gasteiger partial charge on any atom is 0.304 e. The number of rotatable bonds is 11. The lowest BCUT2D eigenvalue weighted by molar-refractivity contribution is -0.138. The fourth-order valence-electron chi connectivity index (χ4n) is 3.08. The summed E-state index contributed by atoms with van der Waals surface area (Å²) >= 11 is 0. The van der Waals surface area contributed by atoms with Crippen molar-refractivity contribution in [1.29, 1.82) is 0 Å². The SMILES string of the molecule is CCC(CC)(Cc1ccccc1)N(CCC(=O)O)CCC(=O)O. The molecular formula is C18H27NO4. The van der Waals surface area contributed by atoms with Gasteiger partial charge in [0, 0.05) is 18.6 Å². The van der Waals surface area contributed by atoms with Gasteiger partial charge < -0.3 is 10.2 Å². The molecule has 0 atom stereocenters. The zero-order chi connectivity index (χ0) is 17.3. The highest BCUT2D eigenvalue weighted by atomic mass is 16.4. The van der Waals surface area contributed by atoms with E-state index in [0.29, 0.717) is 13.1 Å². The second-order valence-electron chi connectivity index (χ2n) is 5.87. The fraction of sp³-hybridized carbons (Fsp3) is 0.556. The minimum atomic E-state index is -0.855. The van der Waals surface area contributed by atoms with Crippen LogP contribution in [0, 0.1) is 0 Å². The lowest BCUT2D eigenvalue weighted by atomic mass is 9.83. The van der Waals surface area contributed by atoms with Gasteiger partial charge in [0.2, 0.25) is 0 Å². The van der Waals surface area contributed by atoms with Crippen molar-refractivity contribution in [2.24, 2.45) is 0 Å². The van der Waals surface area contributed by atoms with Crippen molar-refractivity contribution >= 4 is 11.9 Å². The zero-order valence-electron chi connectivity index (χ0n) is 14.0. The smallest absolute Gasteiger partial charge is 0.304 e. The monoisotopic (exact) mass is 321 g/mol. The summed E-state index contributed by atoms with van der Waals surface area (Å²) in [6, 6.07) is 10.1. The van der Waals surface area contributed by atoms with Crippen LogP contribution in [0.3, 0.4) is 0 Å². The lowest BCUT2D eigenvalue weighted by Gasteiger charge is -2.43. The Morgan fingerprint density at radius 1 is 0.957 bits per heavy atom. The molecule has 1 aromatic rings. The van der Waals surface area contributed by atoms with E-state index in [0.717, 1.165) is 19.3 Å². The Kier molecular flexibility index (Phi) is 7.75. The molecule has 2 N–H and O–H groups in total. The average Bonchev–Trinajstić information content (AvgIpc) is 2.53. The van der Waals surface area contributed by atoms with Crippen LogP contribution in [0.15, 0.2) is 30.3 Å². The number of carboxylic acids is 2. The third-order valence-electron chi connectivity index (χ3n) is 4.55. The summed E-state index contributed by atoms with van der Waals surface area (Å²) in [5.74, 6) is -1.71. The van der Waals surface area contributed by atoms with E-state index in [1.54, 1.807) is 0 Å². The molecule has 0 aliphatic heterocycles. The molecule has 0 heterocycles. The number of aliphatic carboxylic acids is 2. The molecule has 0 saturated carbocycles. The Bertz CT molecular complexity index is 479. The average molecular weight is 321 g/mol. The number of hydrogen-bond donors (Lipinski definition) is 2. The van der Waals surface area contributed by atoms with Gasteiger partial charge in [0.05, 0.1) is 12.8 Å². The normalized spacial score (nSPS) is 11.6. The van der Waals surface area contributed by atoms with Crippen LogP contribution >= 0.6 is 0 Å². The van der Waals surface area contributed by atoms with E-state index in [1.165, 1.54) is 5.56 Å². The molecule has 0 fully saturated rings. The summed E-state index contributed by atoms with van der Waals surface area (Å²) in [4.78, 5) is 24.0. The number of benzene rings is 1. The molecule has 0 radical (unpaired) electrons. The molecule has 1 rings (SSSR count). The Balaban J connectivity index is 2.99. The minimum absolute atomic E-state index is 0.0240. The summed E-state index contributed by atoms with van der Waals surface area (Å²) in [6.45, 7) is 4.91. The first-order chi connectivity index (χ1) is 10.9. The van der Waals surface area contributed by atoms with Gasteiger partial charge in [0.15, 0.2) is 0 Å². The van der Waals surface area contributed by atoms with Crippen molar-refractivity contribution in [3.8, 4) is 0 Å². The van der Waals surface area contributed by atoms with Crippen molar-refractivity contribution in [3.63, 3.8) is 0 Å². The summed E-state index contributed by atoms with van der Waals surface area (Å²) < 4.78 is 0. The van der Waals surface area contributed by atoms with Gasteiger partial charge >= 0.3 is 11.9 Å². The van der Waals surface area contributed by atoms with Crippen molar-refractivity contribution < 1.29 is 19.8 Å². The topological polar surface area (TPSA) is 77.8 Å². The van der Waals surface area contributed by atoms with Crippen molar-refractivity contribution in [2.75, 3.05) is 13.1 Å². The Morgan fingerprint density at radius 2 is 1.43 bits per heavy atom. The van der Waals surface area contributed by atoms with E-state index in [2.05, 4.69) is 30.9 Å². The molecule has 0 bridgehead atoms. The Labute approximate surface area is 137 Å². The number of carboxylic acid groups (broad SMARTS) is 2. The van der Waals surface area contributed by atoms with E-state index in [1.807, 2.05) is 18.2 Å². The van der Waals surface area contributed by atoms with Crippen LogP contribution in [0.5, 0.6) is 0 Å². The minimum Gasteiger partial charge on any atom is -0.481 e. The Morgan fingerprint density at radius 3 is 1.83 bits per heavy atom. The first-order valence-electron chi connectivity index (χ1n) is 8.16. The van der Waals surface area contributed by atoms with Crippen molar-refractivity contribution in [3.05, 3.63) is 35.9 Å². The highest BCUT2D eigenvalue weighted by Gasteiger charge is 2.33. The fourth-order valence-corrected chi connectivity index (χ4v) is 3.08. The second-order valence-corrected chi connectivity index (χ2v) is 5.87. The maximum atomic E-state index is 11.0. The van der Waals surface area contributed by atoms with Crippen molar-refractivity contribution in [2.45, 2.75) is 51.5 Å². The van der Waals surface area contributed by atoms with Gasteiger partial charge in [-0.1, -0.05) is 44.2 Å². The van der Waals surface area contributed by atoms with Gasteiger partial charge in [-0.15, -0.1) is 0 Å². The standard InChI is InChI=1S/C18H27NO4/c1-3-18(4-2,14-15-8-6-5-7-9-15)19(12-10-16(20)21)13-11-17(22)23/h5-9H,3-4,10-14H2,1-2H3,(H,20,21)(H,22,23). The van der Waals surface area contributed by atoms with E-state index in [9.17, 15) is 9.59 Å². The zero-order valence-corrected chi connectivity index (χ0v) is 14.0. The summed E-state index contributed by atoms with van der Waals surface area (Å²) in [5, 5.41) is 18.0. The van der Waals surface area contributed by atoms with Crippen molar-refractivity contribution in [1.82, 2.24) is 4.90 Å². The molecule has 0 amide bonds. The molecule has 1 aromatic carbocycles. The van der Waals surface area contributed by atoms with Crippen LogP contribution in [0.2, 0.25) is 0 Å². The van der Waals surface area contributed by atoms with Gasteiger partial charge in [-0.05, 0) is 24.8 Å². The molecule has 5 heteroatoms. The number of carbonyl (C=O) groups is 2. The van der Waals surface area contributed by atoms with Crippen LogP contribution in [0.25, 0.3) is 0 Å². The predicted molar refractivity (Wildman–Crippen MR) is 89.5 cm³/mol. The third-order valence-corrected chi connectivity index (χ3v) is 4.55. The van der Waals surface area contributed by atoms with Gasteiger partial charge in [0.1, 0.15) is 0 Å². The molecule has 0 spiro atoms. The lowest BCUT2D eigenvalue weighted by Crippen LogP contribution is -2.51. The van der Waals surface area contributed by atoms with Crippen LogP contribution in [0.1, 0.15) is 45.1 Å². The van der Waals surface area contributed by atoms with Gasteiger partial charge in [-0.3, -0.25) is 14.5 Å². The van der Waals surface area contributed by atoms with E-state index < -0.39 is 11.9 Å². The van der Waals surface area contributed by atoms with Crippen LogP contribution in [-0.4, -0.2) is 45.7 Å². The Hall–Kier alpha value is -1.88. The van der Waals surface area contributed by atoms with Gasteiger partial charge in [-0.2, -0.15) is 0 Å². The molecular weight excluding hydrogens is 294 g/mol. The van der Waals surface area contributed by atoms with Gasteiger partial charge in [0.25, 0.3) is 0 Å². The molecule has 23 heavy (non-hydrogen) atoms. The van der Waals surface area contributed by atoms with Crippen LogP contribution in [-0.2, 0) is 16.0 Å². The van der Waals surface area contributed by atoms with E-state index >= 15 is 0 Å². The predicted octanol–water partition coefficient (Wildman–Crippen LogP) is 3.04. The highest BCUT2D eigenvalue weighted by molar-refractivity contribution is 5.67. The molecule has 0 aliphatic rings. The number of nitrogens with zero attached hydrogens (tertiary/aromatic N) is 1. The molecule has 0 aromatic heterocycles. The van der Waals surface area contributed by atoms with Crippen LogP contribution in [0.4, 0.5) is 0 Å². The maximum absolute atomic E-state index is 11.0. The van der Waals surface area contributed by atoms with Gasteiger partial charge in [-0.25, -0.2) is 0 Å². The number of hydrogen-bond acceptors (Lipinski definition) is 3. The quantitative estimate of drug-likeness (QED) is 0.655. The van der Waals surface area contributed by atoms with Crippen LogP contribution < -0.4 is 0 Å². The first kappa shape index (κ1) is 19.2. The third kappa shape index (κ3) is 6.02. The highest BCUT2D eigenvalue weighted by Crippen LogP contribution is 2.29. The van der Waals surface area contributed by atoms with E-state index in [-0.39, 0.29) is 18.4 Å². The summed E-state index contributed by atoms with van der Waals surface area (Å²) in [7, 11) is 0. The first-order valence-corrected chi connectivity index (χ1v) is 8.16. The molecule has 0 saturated heterocycles. The largest absolute Gasteiger partial charge is 0.481 e. The molecule has 128 valence electrons. The molecule has 0 unspecified atom stereocenters. The molecule has 0 aliphatic carbocycles. The summed E-state index contributed by atoms with van der Waals surface area (Å²) in [5.41, 5.74) is 0.971. The second kappa shape index (κ2) is 9.30. The van der Waals surface area contributed by atoms with E-state index in [4.69, 9.17) is 10.2 Å². The summed E-state index contributed by atoms with van der Waals surface area (Å²) in [6.07, 6.45) is 2.53. The molecule has 5 nitrogen and oxygen atoms in total.